The highest BCUT2D eigenvalue weighted by molar-refractivity contribution is 5.92. The molecule has 0 radical (unpaired) electrons. The SMILES string of the molecule is CCCNc1cccc(C(=O)NC(C)c2cccnc2)n1. The third-order valence-electron chi connectivity index (χ3n) is 3.07. The van der Waals surface area contributed by atoms with E-state index in [0.717, 1.165) is 24.3 Å². The summed E-state index contributed by atoms with van der Waals surface area (Å²) >= 11 is 0. The van der Waals surface area contributed by atoms with Crippen molar-refractivity contribution in [3.63, 3.8) is 0 Å². The van der Waals surface area contributed by atoms with Gasteiger partial charge in [-0.15, -0.1) is 0 Å². The molecule has 0 saturated carbocycles. The highest BCUT2D eigenvalue weighted by atomic mass is 16.1. The van der Waals surface area contributed by atoms with Crippen LogP contribution in [0.4, 0.5) is 5.82 Å². The van der Waals surface area contributed by atoms with Gasteiger partial charge in [0.15, 0.2) is 0 Å². The van der Waals surface area contributed by atoms with E-state index in [1.54, 1.807) is 18.5 Å². The summed E-state index contributed by atoms with van der Waals surface area (Å²) in [5.41, 5.74) is 1.37. The minimum absolute atomic E-state index is 0.111. The van der Waals surface area contributed by atoms with Crippen molar-refractivity contribution in [1.29, 1.82) is 0 Å². The van der Waals surface area contributed by atoms with Crippen LogP contribution in [-0.2, 0) is 0 Å². The van der Waals surface area contributed by atoms with Crippen LogP contribution in [0.5, 0.6) is 0 Å². The summed E-state index contributed by atoms with van der Waals surface area (Å²) < 4.78 is 0. The van der Waals surface area contributed by atoms with E-state index < -0.39 is 0 Å². The zero-order valence-corrected chi connectivity index (χ0v) is 12.3. The van der Waals surface area contributed by atoms with Gasteiger partial charge in [0.05, 0.1) is 6.04 Å². The Balaban J connectivity index is 2.03. The molecule has 1 atom stereocenters. The predicted octanol–water partition coefficient (Wildman–Crippen LogP) is 2.79. The fourth-order valence-corrected chi connectivity index (χ4v) is 1.90. The average molecular weight is 284 g/mol. The Labute approximate surface area is 124 Å². The van der Waals surface area contributed by atoms with E-state index >= 15 is 0 Å². The first-order chi connectivity index (χ1) is 10.2. The largest absolute Gasteiger partial charge is 0.370 e. The Morgan fingerprint density at radius 3 is 2.86 bits per heavy atom. The molecule has 2 aromatic rings. The minimum Gasteiger partial charge on any atom is -0.370 e. The molecule has 2 heterocycles. The van der Waals surface area contributed by atoms with Crippen molar-refractivity contribution < 1.29 is 4.79 Å². The van der Waals surface area contributed by atoms with Crippen molar-refractivity contribution in [2.24, 2.45) is 0 Å². The summed E-state index contributed by atoms with van der Waals surface area (Å²) in [5.74, 6) is 0.532. The number of nitrogens with one attached hydrogen (secondary N) is 2. The molecule has 0 aliphatic heterocycles. The van der Waals surface area contributed by atoms with Crippen molar-refractivity contribution in [3.8, 4) is 0 Å². The van der Waals surface area contributed by atoms with Crippen molar-refractivity contribution in [2.75, 3.05) is 11.9 Å². The Hall–Kier alpha value is -2.43. The van der Waals surface area contributed by atoms with Gasteiger partial charge in [-0.1, -0.05) is 19.1 Å². The third-order valence-corrected chi connectivity index (χ3v) is 3.07. The third kappa shape index (κ3) is 4.27. The molecule has 0 bridgehead atoms. The first-order valence-corrected chi connectivity index (χ1v) is 7.12. The zero-order valence-electron chi connectivity index (χ0n) is 12.3. The molecule has 21 heavy (non-hydrogen) atoms. The first kappa shape index (κ1) is 15.0. The van der Waals surface area contributed by atoms with Gasteiger partial charge < -0.3 is 10.6 Å². The molecule has 0 aromatic carbocycles. The van der Waals surface area contributed by atoms with E-state index in [4.69, 9.17) is 0 Å². The fraction of sp³-hybridized carbons (Fsp3) is 0.312. The fourth-order valence-electron chi connectivity index (χ4n) is 1.90. The smallest absolute Gasteiger partial charge is 0.270 e. The molecular formula is C16H20N4O. The highest BCUT2D eigenvalue weighted by Gasteiger charge is 2.12. The molecule has 5 nitrogen and oxygen atoms in total. The van der Waals surface area contributed by atoms with Crippen LogP contribution in [0.15, 0.2) is 42.7 Å². The Morgan fingerprint density at radius 1 is 1.29 bits per heavy atom. The molecule has 2 rings (SSSR count). The second-order valence-corrected chi connectivity index (χ2v) is 4.82. The lowest BCUT2D eigenvalue weighted by Crippen LogP contribution is -2.27. The molecule has 0 aliphatic carbocycles. The summed E-state index contributed by atoms with van der Waals surface area (Å²) in [5, 5.41) is 6.10. The lowest BCUT2D eigenvalue weighted by atomic mass is 10.1. The lowest BCUT2D eigenvalue weighted by Gasteiger charge is -2.14. The maximum Gasteiger partial charge on any atom is 0.270 e. The van der Waals surface area contributed by atoms with E-state index in [2.05, 4.69) is 27.5 Å². The van der Waals surface area contributed by atoms with Crippen LogP contribution in [0.2, 0.25) is 0 Å². The topological polar surface area (TPSA) is 66.9 Å². The van der Waals surface area contributed by atoms with Crippen molar-refractivity contribution in [2.45, 2.75) is 26.3 Å². The number of rotatable bonds is 6. The first-order valence-electron chi connectivity index (χ1n) is 7.12. The van der Waals surface area contributed by atoms with Gasteiger partial charge in [0.25, 0.3) is 5.91 Å². The molecule has 1 unspecified atom stereocenters. The quantitative estimate of drug-likeness (QED) is 0.856. The summed E-state index contributed by atoms with van der Waals surface area (Å²) in [6.07, 6.45) is 4.47. The van der Waals surface area contributed by atoms with Gasteiger partial charge in [0.1, 0.15) is 11.5 Å². The predicted molar refractivity (Wildman–Crippen MR) is 83.1 cm³/mol. The Morgan fingerprint density at radius 2 is 2.14 bits per heavy atom. The van der Waals surface area contributed by atoms with Crippen LogP contribution in [-0.4, -0.2) is 22.4 Å². The van der Waals surface area contributed by atoms with Gasteiger partial charge in [-0.25, -0.2) is 4.98 Å². The molecule has 0 fully saturated rings. The number of hydrogen-bond acceptors (Lipinski definition) is 4. The molecule has 0 spiro atoms. The number of hydrogen-bond donors (Lipinski definition) is 2. The molecule has 5 heteroatoms. The van der Waals surface area contributed by atoms with Crippen molar-refractivity contribution in [3.05, 3.63) is 54.0 Å². The van der Waals surface area contributed by atoms with Crippen LogP contribution >= 0.6 is 0 Å². The van der Waals surface area contributed by atoms with Crippen LogP contribution in [0.3, 0.4) is 0 Å². The molecule has 1 amide bonds. The van der Waals surface area contributed by atoms with Gasteiger partial charge in [0.2, 0.25) is 0 Å². The highest BCUT2D eigenvalue weighted by Crippen LogP contribution is 2.11. The maximum absolute atomic E-state index is 12.2. The summed E-state index contributed by atoms with van der Waals surface area (Å²) in [6.45, 7) is 4.84. The van der Waals surface area contributed by atoms with Gasteiger partial charge in [-0.3, -0.25) is 9.78 Å². The Bertz CT molecular complexity index is 586. The molecule has 2 N–H and O–H groups in total. The van der Waals surface area contributed by atoms with E-state index in [1.165, 1.54) is 0 Å². The lowest BCUT2D eigenvalue weighted by molar-refractivity contribution is 0.0935. The van der Waals surface area contributed by atoms with Gasteiger partial charge in [-0.2, -0.15) is 0 Å². The summed E-state index contributed by atoms with van der Waals surface area (Å²) in [7, 11) is 0. The van der Waals surface area contributed by atoms with E-state index in [0.29, 0.717) is 5.69 Å². The van der Waals surface area contributed by atoms with E-state index in [9.17, 15) is 4.79 Å². The maximum atomic E-state index is 12.2. The van der Waals surface area contributed by atoms with Crippen LogP contribution in [0, 0.1) is 0 Å². The second-order valence-electron chi connectivity index (χ2n) is 4.82. The zero-order chi connectivity index (χ0) is 15.1. The summed E-state index contributed by atoms with van der Waals surface area (Å²) in [6, 6.07) is 9.07. The molecule has 0 aliphatic rings. The van der Waals surface area contributed by atoms with Crippen LogP contribution in [0.1, 0.15) is 42.4 Å². The van der Waals surface area contributed by atoms with Gasteiger partial charge in [-0.05, 0) is 37.1 Å². The van der Waals surface area contributed by atoms with Crippen molar-refractivity contribution in [1.82, 2.24) is 15.3 Å². The molecule has 0 saturated heterocycles. The van der Waals surface area contributed by atoms with Gasteiger partial charge in [0, 0.05) is 18.9 Å². The standard InChI is InChI=1S/C16H20N4O/c1-3-9-18-15-8-4-7-14(20-15)16(21)19-12(2)13-6-5-10-17-11-13/h4-8,10-12H,3,9H2,1-2H3,(H,18,20)(H,19,21). The van der Waals surface area contributed by atoms with E-state index in [-0.39, 0.29) is 11.9 Å². The van der Waals surface area contributed by atoms with Crippen molar-refractivity contribution >= 4 is 11.7 Å². The number of amides is 1. The monoisotopic (exact) mass is 284 g/mol. The summed E-state index contributed by atoms with van der Waals surface area (Å²) in [4.78, 5) is 20.6. The molecule has 110 valence electrons. The van der Waals surface area contributed by atoms with Crippen LogP contribution < -0.4 is 10.6 Å². The number of carbonyl (C=O) groups is 1. The number of carbonyl (C=O) groups excluding carboxylic acids is 1. The normalized spacial score (nSPS) is 11.7. The van der Waals surface area contributed by atoms with E-state index in [1.807, 2.05) is 31.2 Å². The minimum atomic E-state index is -0.188. The molecular weight excluding hydrogens is 264 g/mol. The van der Waals surface area contributed by atoms with Gasteiger partial charge >= 0.3 is 0 Å². The Kier molecular flexibility index (Phi) is 5.26. The average Bonchev–Trinajstić information content (AvgIpc) is 2.54. The number of aromatic nitrogens is 2. The van der Waals surface area contributed by atoms with Crippen LogP contribution in [0.25, 0.3) is 0 Å². The second kappa shape index (κ2) is 7.38. The molecule has 2 aromatic heterocycles. The number of anilines is 1. The number of pyridine rings is 2. The number of nitrogens with zero attached hydrogens (tertiary/aromatic N) is 2.